The van der Waals surface area contributed by atoms with Gasteiger partial charge in [-0.3, -0.25) is 4.98 Å². The maximum absolute atomic E-state index is 16.4. The van der Waals surface area contributed by atoms with Gasteiger partial charge in [0.05, 0.1) is 11.5 Å². The Bertz CT molecular complexity index is 1540. The first kappa shape index (κ1) is 24.9. The van der Waals surface area contributed by atoms with Crippen LogP contribution in [0.2, 0.25) is 5.02 Å². The van der Waals surface area contributed by atoms with Crippen LogP contribution in [0.4, 0.5) is 10.2 Å². The predicted octanol–water partition coefficient (Wildman–Crippen LogP) is 4.33. The summed E-state index contributed by atoms with van der Waals surface area (Å²) in [6.07, 6.45) is 4.93. The quantitative estimate of drug-likeness (QED) is 0.368. The fraction of sp³-hybridized carbons (Fsp3) is 0.414. The Morgan fingerprint density at radius 3 is 2.67 bits per heavy atom. The number of anilines is 1. The van der Waals surface area contributed by atoms with E-state index in [1.807, 2.05) is 36.4 Å². The summed E-state index contributed by atoms with van der Waals surface area (Å²) in [4.78, 5) is 16.2. The summed E-state index contributed by atoms with van der Waals surface area (Å²) in [6, 6.07) is 12.4. The first-order chi connectivity index (χ1) is 19.1. The van der Waals surface area contributed by atoms with Crippen molar-refractivity contribution in [3.8, 4) is 17.3 Å². The number of halogens is 2. The molecule has 0 radical (unpaired) electrons. The molecule has 3 aliphatic heterocycles. The van der Waals surface area contributed by atoms with Gasteiger partial charge in [0.25, 0.3) is 0 Å². The summed E-state index contributed by atoms with van der Waals surface area (Å²) in [7, 11) is 1.71. The lowest BCUT2D eigenvalue weighted by atomic mass is 10.0. The fourth-order valence-electron chi connectivity index (χ4n) is 6.24. The van der Waals surface area contributed by atoms with Gasteiger partial charge in [0.15, 0.2) is 5.82 Å². The van der Waals surface area contributed by atoms with Crippen molar-refractivity contribution >= 4 is 39.1 Å². The van der Waals surface area contributed by atoms with E-state index in [2.05, 4.69) is 25.5 Å². The van der Waals surface area contributed by atoms with Crippen molar-refractivity contribution in [2.45, 2.75) is 43.5 Å². The lowest BCUT2D eigenvalue weighted by Crippen LogP contribution is -2.51. The van der Waals surface area contributed by atoms with Gasteiger partial charge in [-0.1, -0.05) is 41.9 Å². The largest absolute Gasteiger partial charge is 0.462 e. The molecule has 7 rings (SSSR count). The molecule has 2 unspecified atom stereocenters. The molecule has 5 heterocycles. The molecule has 202 valence electrons. The van der Waals surface area contributed by atoms with Gasteiger partial charge < -0.3 is 25.0 Å². The molecule has 0 spiro atoms. The van der Waals surface area contributed by atoms with Crippen LogP contribution in [0.25, 0.3) is 32.9 Å². The summed E-state index contributed by atoms with van der Waals surface area (Å²) in [5.41, 5.74) is 1.03. The van der Waals surface area contributed by atoms with Gasteiger partial charge in [0.2, 0.25) is 0 Å². The van der Waals surface area contributed by atoms with E-state index in [9.17, 15) is 0 Å². The van der Waals surface area contributed by atoms with Crippen molar-refractivity contribution < 1.29 is 13.9 Å². The minimum absolute atomic E-state index is 0.114. The molecular weight excluding hydrogens is 519 g/mol. The average molecular weight is 549 g/mol. The Kier molecular flexibility index (Phi) is 6.47. The standard InChI is InChI=1S/C29H30ClFN6O2/c1-38-20-10-19(32-11-20)15-39-29-35-27-22(28(36-29)37-13-17-8-9-18(14-37)34-17)12-33-26(25(27)31)21-6-2-4-16-5-3-7-23(30)24(16)21/h2-7,12,17-20,32,34H,8-11,13-15H2,1H3/t17?,18?,19-,20+/m0/s1. The molecule has 8 nitrogen and oxygen atoms in total. The number of aromatic nitrogens is 3. The first-order valence-corrected chi connectivity index (χ1v) is 13.9. The highest BCUT2D eigenvalue weighted by Crippen LogP contribution is 2.38. The van der Waals surface area contributed by atoms with Crippen LogP contribution < -0.4 is 20.3 Å². The highest BCUT2D eigenvalue weighted by molar-refractivity contribution is 6.36. The molecule has 3 saturated heterocycles. The number of benzene rings is 2. The van der Waals surface area contributed by atoms with Gasteiger partial charge in [-0.15, -0.1) is 0 Å². The summed E-state index contributed by atoms with van der Waals surface area (Å²) in [5.74, 6) is 0.154. The van der Waals surface area contributed by atoms with Crippen molar-refractivity contribution in [3.05, 3.63) is 53.4 Å². The van der Waals surface area contributed by atoms with Crippen molar-refractivity contribution in [3.63, 3.8) is 0 Å². The minimum atomic E-state index is -0.509. The van der Waals surface area contributed by atoms with Gasteiger partial charge in [0.1, 0.15) is 23.6 Å². The first-order valence-electron chi connectivity index (χ1n) is 13.5. The highest BCUT2D eigenvalue weighted by Gasteiger charge is 2.34. The monoisotopic (exact) mass is 548 g/mol. The number of hydrogen-bond donors (Lipinski definition) is 2. The Morgan fingerprint density at radius 1 is 1.10 bits per heavy atom. The molecule has 2 aromatic carbocycles. The van der Waals surface area contributed by atoms with E-state index < -0.39 is 5.82 Å². The van der Waals surface area contributed by atoms with Crippen LogP contribution in [0.3, 0.4) is 0 Å². The number of pyridine rings is 1. The molecule has 3 aliphatic rings. The van der Waals surface area contributed by atoms with Crippen LogP contribution in [0.1, 0.15) is 19.3 Å². The molecule has 2 aromatic heterocycles. The lowest BCUT2D eigenvalue weighted by molar-refractivity contribution is 0.115. The second kappa shape index (κ2) is 10.1. The molecule has 4 aromatic rings. The SMILES string of the molecule is CO[C@H]1CN[C@H](COc2nc(N3CC4CCC(C3)N4)c3cnc(-c4cccc5cccc(Cl)c45)c(F)c3n2)C1. The maximum Gasteiger partial charge on any atom is 0.319 e. The molecule has 2 bridgehead atoms. The zero-order valence-electron chi connectivity index (χ0n) is 21.7. The van der Waals surface area contributed by atoms with E-state index in [0.717, 1.165) is 49.7 Å². The van der Waals surface area contributed by atoms with E-state index in [0.29, 0.717) is 40.5 Å². The van der Waals surface area contributed by atoms with Gasteiger partial charge in [0, 0.05) is 67.0 Å². The smallest absolute Gasteiger partial charge is 0.319 e. The normalized spacial score (nSPS) is 24.6. The predicted molar refractivity (Wildman–Crippen MR) is 150 cm³/mol. The molecule has 39 heavy (non-hydrogen) atoms. The molecule has 0 aliphatic carbocycles. The van der Waals surface area contributed by atoms with E-state index in [1.165, 1.54) is 0 Å². The third-order valence-corrected chi connectivity index (χ3v) is 8.51. The third-order valence-electron chi connectivity index (χ3n) is 8.20. The minimum Gasteiger partial charge on any atom is -0.462 e. The number of methoxy groups -OCH3 is 1. The van der Waals surface area contributed by atoms with E-state index in [1.54, 1.807) is 13.3 Å². The van der Waals surface area contributed by atoms with Crippen molar-refractivity contribution in [1.82, 2.24) is 25.6 Å². The number of fused-ring (bicyclic) bond motifs is 4. The van der Waals surface area contributed by atoms with Crippen molar-refractivity contribution in [2.24, 2.45) is 0 Å². The fourth-order valence-corrected chi connectivity index (χ4v) is 6.52. The van der Waals surface area contributed by atoms with Gasteiger partial charge in [-0.05, 0) is 30.7 Å². The van der Waals surface area contributed by atoms with Crippen LogP contribution in [-0.2, 0) is 4.74 Å². The van der Waals surface area contributed by atoms with Gasteiger partial charge in [-0.25, -0.2) is 4.39 Å². The Balaban J connectivity index is 1.32. The van der Waals surface area contributed by atoms with Gasteiger partial charge in [-0.2, -0.15) is 9.97 Å². The average Bonchev–Trinajstić information content (AvgIpc) is 3.57. The second-order valence-electron chi connectivity index (χ2n) is 10.7. The van der Waals surface area contributed by atoms with E-state index in [4.69, 9.17) is 26.1 Å². The van der Waals surface area contributed by atoms with E-state index >= 15 is 4.39 Å². The van der Waals surface area contributed by atoms with Crippen LogP contribution in [0, 0.1) is 5.82 Å². The summed E-state index contributed by atoms with van der Waals surface area (Å²) in [5, 5.41) is 9.86. The summed E-state index contributed by atoms with van der Waals surface area (Å²) < 4.78 is 28.0. The van der Waals surface area contributed by atoms with Crippen LogP contribution in [0.15, 0.2) is 42.6 Å². The van der Waals surface area contributed by atoms with Crippen LogP contribution in [-0.4, -0.2) is 72.5 Å². The molecule has 0 saturated carbocycles. The molecule has 10 heteroatoms. The topological polar surface area (TPSA) is 84.4 Å². The summed E-state index contributed by atoms with van der Waals surface area (Å²) in [6.45, 7) is 2.74. The zero-order valence-corrected chi connectivity index (χ0v) is 22.4. The number of nitrogens with zero attached hydrogens (tertiary/aromatic N) is 4. The van der Waals surface area contributed by atoms with Crippen LogP contribution >= 0.6 is 11.6 Å². The zero-order chi connectivity index (χ0) is 26.5. The molecule has 2 N–H and O–H groups in total. The maximum atomic E-state index is 16.4. The Hall–Kier alpha value is -3.11. The molecular formula is C29H30ClFN6O2. The highest BCUT2D eigenvalue weighted by atomic mass is 35.5. The number of rotatable bonds is 6. The third kappa shape index (κ3) is 4.57. The Morgan fingerprint density at radius 2 is 1.90 bits per heavy atom. The van der Waals surface area contributed by atoms with Crippen LogP contribution in [0.5, 0.6) is 6.01 Å². The van der Waals surface area contributed by atoms with Crippen molar-refractivity contribution in [2.75, 3.05) is 38.3 Å². The van der Waals surface area contributed by atoms with Gasteiger partial charge >= 0.3 is 6.01 Å². The number of ether oxygens (including phenoxy) is 2. The lowest BCUT2D eigenvalue weighted by Gasteiger charge is -2.34. The Labute approximate surface area is 230 Å². The molecule has 3 fully saturated rings. The number of nitrogens with one attached hydrogen (secondary N) is 2. The molecule has 0 amide bonds. The number of hydrogen-bond acceptors (Lipinski definition) is 8. The summed E-state index contributed by atoms with van der Waals surface area (Å²) >= 11 is 6.57. The second-order valence-corrected chi connectivity index (χ2v) is 11.1. The molecule has 4 atom stereocenters. The number of piperazine rings is 1. The van der Waals surface area contributed by atoms with Crippen molar-refractivity contribution in [1.29, 1.82) is 0 Å². The van der Waals surface area contributed by atoms with E-state index in [-0.39, 0.29) is 29.4 Å².